The fourth-order valence-corrected chi connectivity index (χ4v) is 4.27. The van der Waals surface area contributed by atoms with Gasteiger partial charge < -0.3 is 0 Å². The van der Waals surface area contributed by atoms with Crippen LogP contribution < -0.4 is 4.72 Å². The zero-order valence-electron chi connectivity index (χ0n) is 9.80. The van der Waals surface area contributed by atoms with Crippen molar-refractivity contribution in [2.75, 3.05) is 0 Å². The third kappa shape index (κ3) is 3.46. The van der Waals surface area contributed by atoms with Gasteiger partial charge in [0.15, 0.2) is 0 Å². The molecule has 1 N–H and O–H groups in total. The quantitative estimate of drug-likeness (QED) is 0.929. The van der Waals surface area contributed by atoms with Crippen molar-refractivity contribution in [3.05, 3.63) is 44.8 Å². The van der Waals surface area contributed by atoms with Gasteiger partial charge >= 0.3 is 0 Å². The van der Waals surface area contributed by atoms with Gasteiger partial charge in [0.05, 0.1) is 15.4 Å². The van der Waals surface area contributed by atoms with E-state index in [4.69, 9.17) is 23.2 Å². The molecule has 4 nitrogen and oxygen atoms in total. The van der Waals surface area contributed by atoms with Crippen molar-refractivity contribution in [2.24, 2.45) is 0 Å². The van der Waals surface area contributed by atoms with E-state index in [1.807, 2.05) is 0 Å². The SMILES string of the molecule is CC(NS(=O)(=O)c1cnccc1Cl)c1ccc(Cl)s1. The number of nitrogens with one attached hydrogen (secondary N) is 1. The van der Waals surface area contributed by atoms with Gasteiger partial charge in [-0.3, -0.25) is 4.98 Å². The Bertz CT molecular complexity index is 686. The van der Waals surface area contributed by atoms with Gasteiger partial charge in [-0.05, 0) is 25.1 Å². The Hall–Kier alpha value is -0.660. The molecule has 0 aliphatic rings. The zero-order valence-corrected chi connectivity index (χ0v) is 12.9. The molecule has 2 heterocycles. The molecule has 0 radical (unpaired) electrons. The van der Waals surface area contributed by atoms with Crippen LogP contribution in [0.5, 0.6) is 0 Å². The molecule has 19 heavy (non-hydrogen) atoms. The van der Waals surface area contributed by atoms with Crippen LogP contribution in [0.4, 0.5) is 0 Å². The summed E-state index contributed by atoms with van der Waals surface area (Å²) in [6, 6.07) is 4.55. The van der Waals surface area contributed by atoms with E-state index in [0.29, 0.717) is 4.34 Å². The summed E-state index contributed by atoms with van der Waals surface area (Å²) in [7, 11) is -3.71. The Labute approximate surface area is 125 Å². The van der Waals surface area contributed by atoms with Crippen molar-refractivity contribution in [2.45, 2.75) is 17.9 Å². The van der Waals surface area contributed by atoms with Crippen LogP contribution in [0.2, 0.25) is 9.36 Å². The maximum atomic E-state index is 12.2. The van der Waals surface area contributed by atoms with E-state index in [2.05, 4.69) is 9.71 Å². The highest BCUT2D eigenvalue weighted by atomic mass is 35.5. The van der Waals surface area contributed by atoms with Gasteiger partial charge in [-0.1, -0.05) is 23.2 Å². The predicted molar refractivity (Wildman–Crippen MR) is 77.3 cm³/mol. The number of pyridine rings is 1. The lowest BCUT2D eigenvalue weighted by Crippen LogP contribution is -2.26. The van der Waals surface area contributed by atoms with E-state index >= 15 is 0 Å². The fourth-order valence-electron chi connectivity index (χ4n) is 1.48. The maximum Gasteiger partial charge on any atom is 0.244 e. The Morgan fingerprint density at radius 2 is 2.05 bits per heavy atom. The highest BCUT2D eigenvalue weighted by molar-refractivity contribution is 7.89. The van der Waals surface area contributed by atoms with Crippen LogP contribution in [-0.4, -0.2) is 13.4 Å². The van der Waals surface area contributed by atoms with Gasteiger partial charge in [0.2, 0.25) is 10.0 Å². The Kier molecular flexibility index (Phi) is 4.47. The summed E-state index contributed by atoms with van der Waals surface area (Å²) in [4.78, 5) is 4.57. The topological polar surface area (TPSA) is 59.1 Å². The molecule has 2 aromatic rings. The molecular weight excluding hydrogens is 327 g/mol. The summed E-state index contributed by atoms with van der Waals surface area (Å²) in [6.45, 7) is 1.74. The Morgan fingerprint density at radius 3 is 2.63 bits per heavy atom. The van der Waals surface area contributed by atoms with E-state index < -0.39 is 16.1 Å². The molecule has 0 aliphatic heterocycles. The molecule has 8 heteroatoms. The van der Waals surface area contributed by atoms with Crippen LogP contribution in [0.3, 0.4) is 0 Å². The van der Waals surface area contributed by atoms with Crippen molar-refractivity contribution >= 4 is 44.6 Å². The standard InChI is InChI=1S/C11H10Cl2N2O2S2/c1-7(9-2-3-11(13)18-9)15-19(16,17)10-6-14-5-4-8(10)12/h2-7,15H,1H3. The summed E-state index contributed by atoms with van der Waals surface area (Å²) in [5.74, 6) is 0. The maximum absolute atomic E-state index is 12.2. The third-order valence-electron chi connectivity index (χ3n) is 2.38. The number of nitrogens with zero attached hydrogens (tertiary/aromatic N) is 1. The lowest BCUT2D eigenvalue weighted by molar-refractivity contribution is 0.568. The number of sulfonamides is 1. The molecule has 0 fully saturated rings. The van der Waals surface area contributed by atoms with Crippen molar-refractivity contribution in [3.63, 3.8) is 0 Å². The molecule has 0 saturated carbocycles. The number of aromatic nitrogens is 1. The van der Waals surface area contributed by atoms with Gasteiger partial charge in [0.1, 0.15) is 4.90 Å². The zero-order chi connectivity index (χ0) is 14.0. The summed E-state index contributed by atoms with van der Waals surface area (Å²) >= 11 is 13.0. The van der Waals surface area contributed by atoms with Gasteiger partial charge in [-0.15, -0.1) is 11.3 Å². The number of rotatable bonds is 4. The number of halogens is 2. The van der Waals surface area contributed by atoms with E-state index in [1.165, 1.54) is 29.8 Å². The molecule has 0 aromatic carbocycles. The molecule has 0 spiro atoms. The van der Waals surface area contributed by atoms with Crippen LogP contribution in [0, 0.1) is 0 Å². The minimum Gasteiger partial charge on any atom is -0.263 e. The normalized spacial score (nSPS) is 13.4. The minimum atomic E-state index is -3.71. The van der Waals surface area contributed by atoms with Gasteiger partial charge in [0, 0.05) is 17.3 Å². The monoisotopic (exact) mass is 336 g/mol. The van der Waals surface area contributed by atoms with Crippen molar-refractivity contribution < 1.29 is 8.42 Å². The third-order valence-corrected chi connectivity index (χ3v) is 5.80. The molecule has 2 rings (SSSR count). The first-order valence-electron chi connectivity index (χ1n) is 5.27. The van der Waals surface area contributed by atoms with E-state index in [1.54, 1.807) is 19.1 Å². The second-order valence-corrected chi connectivity index (χ2v) is 7.63. The summed E-state index contributed by atoms with van der Waals surface area (Å²) in [5, 5.41) is 0.138. The van der Waals surface area contributed by atoms with Crippen LogP contribution in [0.1, 0.15) is 17.8 Å². The average Bonchev–Trinajstić information content (AvgIpc) is 2.76. The number of thiophene rings is 1. The first kappa shape index (κ1) is 14.7. The molecule has 0 bridgehead atoms. The second kappa shape index (κ2) is 5.76. The predicted octanol–water partition coefficient (Wildman–Crippen LogP) is 3.49. The van der Waals surface area contributed by atoms with Crippen LogP contribution >= 0.6 is 34.5 Å². The first-order valence-corrected chi connectivity index (χ1v) is 8.33. The lowest BCUT2D eigenvalue weighted by Gasteiger charge is -2.13. The van der Waals surface area contributed by atoms with Crippen LogP contribution in [0.25, 0.3) is 0 Å². The van der Waals surface area contributed by atoms with Gasteiger partial charge in [0.25, 0.3) is 0 Å². The lowest BCUT2D eigenvalue weighted by atomic mass is 10.3. The molecule has 0 aliphatic carbocycles. The molecule has 102 valence electrons. The van der Waals surface area contributed by atoms with Gasteiger partial charge in [-0.2, -0.15) is 0 Å². The molecule has 2 aromatic heterocycles. The molecular formula is C11H10Cl2N2O2S2. The molecule has 1 atom stereocenters. The molecule has 0 amide bonds. The highest BCUT2D eigenvalue weighted by Gasteiger charge is 2.22. The first-order chi connectivity index (χ1) is 8.90. The molecule has 0 saturated heterocycles. The van der Waals surface area contributed by atoms with E-state index in [-0.39, 0.29) is 9.92 Å². The summed E-state index contributed by atoms with van der Waals surface area (Å²) < 4.78 is 27.5. The van der Waals surface area contributed by atoms with Gasteiger partial charge in [-0.25, -0.2) is 13.1 Å². The molecule has 1 unspecified atom stereocenters. The van der Waals surface area contributed by atoms with Crippen molar-refractivity contribution in [1.82, 2.24) is 9.71 Å². The van der Waals surface area contributed by atoms with Crippen molar-refractivity contribution in [1.29, 1.82) is 0 Å². The number of hydrogen-bond acceptors (Lipinski definition) is 4. The largest absolute Gasteiger partial charge is 0.263 e. The Balaban J connectivity index is 2.25. The van der Waals surface area contributed by atoms with Crippen LogP contribution in [-0.2, 0) is 10.0 Å². The smallest absolute Gasteiger partial charge is 0.244 e. The number of hydrogen-bond donors (Lipinski definition) is 1. The van der Waals surface area contributed by atoms with Crippen molar-refractivity contribution in [3.8, 4) is 0 Å². The second-order valence-electron chi connectivity index (χ2n) is 3.79. The van der Waals surface area contributed by atoms with E-state index in [0.717, 1.165) is 4.88 Å². The Morgan fingerprint density at radius 1 is 1.32 bits per heavy atom. The highest BCUT2D eigenvalue weighted by Crippen LogP contribution is 2.28. The van der Waals surface area contributed by atoms with E-state index in [9.17, 15) is 8.42 Å². The van der Waals surface area contributed by atoms with Crippen LogP contribution in [0.15, 0.2) is 35.5 Å². The average molecular weight is 337 g/mol. The fraction of sp³-hybridized carbons (Fsp3) is 0.182. The minimum absolute atomic E-state index is 0.0360. The summed E-state index contributed by atoms with van der Waals surface area (Å²) in [6.07, 6.45) is 2.66. The summed E-state index contributed by atoms with van der Waals surface area (Å²) in [5.41, 5.74) is 0.